The van der Waals surface area contributed by atoms with E-state index in [4.69, 9.17) is 5.11 Å². The maximum Gasteiger partial charge on any atom is 0.241 e. The molecule has 2 unspecified atom stereocenters. The van der Waals surface area contributed by atoms with Crippen LogP contribution in [0.25, 0.3) is 12.2 Å². The third-order valence-corrected chi connectivity index (χ3v) is 12.1. The second-order valence-corrected chi connectivity index (χ2v) is 16.5. The van der Waals surface area contributed by atoms with Crippen molar-refractivity contribution in [3.8, 4) is 0 Å². The van der Waals surface area contributed by atoms with Gasteiger partial charge < -0.3 is 5.11 Å². The minimum absolute atomic E-state index is 0.0919. The third kappa shape index (κ3) is 9.87. The van der Waals surface area contributed by atoms with Crippen LogP contribution in [0.4, 0.5) is 0 Å². The minimum atomic E-state index is -3.57. The van der Waals surface area contributed by atoms with Crippen LogP contribution in [-0.4, -0.2) is 40.1 Å². The summed E-state index contributed by atoms with van der Waals surface area (Å²) in [5, 5.41) is 8.75. The van der Waals surface area contributed by atoms with Crippen LogP contribution in [0.3, 0.4) is 0 Å². The molecule has 0 spiro atoms. The van der Waals surface area contributed by atoms with Crippen molar-refractivity contribution in [1.82, 2.24) is 9.44 Å². The van der Waals surface area contributed by atoms with Crippen molar-refractivity contribution in [3.63, 3.8) is 0 Å². The fourth-order valence-electron chi connectivity index (χ4n) is 6.22. The van der Waals surface area contributed by atoms with Crippen molar-refractivity contribution in [2.75, 3.05) is 6.61 Å². The number of benzene rings is 4. The van der Waals surface area contributed by atoms with Crippen molar-refractivity contribution in [1.29, 1.82) is 0 Å². The molecule has 4 aromatic rings. The quantitative estimate of drug-likeness (QED) is 0.141. The number of sulfonamides is 2. The standard InChI is InChI=1S/C21H23NO3S.C20H21NO4S/c1-3-18(23)9-6-16-7-12-20-17(14-16)8-13-21(20)22-26(24,25)19-10-4-15(2)5-11-19;1-14-2-8-18(9-3-14)26(24,25)21-20-11-6-16-12-15(5-10-19(16)20)4-7-17(23)13-22/h4-7,9-12,14,21-22H,3,8,13H2,1-2H3;2-5,7-10,12,20-22H,6,11,13H2,1H3/b9-6+;7-4+. The van der Waals surface area contributed by atoms with Gasteiger partial charge in [-0.25, -0.2) is 26.3 Å². The minimum Gasteiger partial charge on any atom is -0.388 e. The Kier molecular flexibility index (Phi) is 12.6. The summed E-state index contributed by atoms with van der Waals surface area (Å²) in [4.78, 5) is 23.1. The van der Waals surface area contributed by atoms with Gasteiger partial charge in [-0.15, -0.1) is 0 Å². The van der Waals surface area contributed by atoms with E-state index in [9.17, 15) is 26.4 Å². The number of fused-ring (bicyclic) bond motifs is 2. The van der Waals surface area contributed by atoms with Gasteiger partial charge in [0.05, 0.1) is 9.79 Å². The second kappa shape index (κ2) is 16.9. The highest BCUT2D eigenvalue weighted by molar-refractivity contribution is 7.89. The number of hydrogen-bond acceptors (Lipinski definition) is 7. The largest absolute Gasteiger partial charge is 0.388 e. The molecule has 9 nitrogen and oxygen atoms in total. The van der Waals surface area contributed by atoms with E-state index in [1.807, 2.05) is 63.2 Å². The number of carbonyl (C=O) groups is 2. The number of hydrogen-bond donors (Lipinski definition) is 3. The average Bonchev–Trinajstić information content (AvgIpc) is 3.72. The lowest BCUT2D eigenvalue weighted by Gasteiger charge is -2.15. The first kappa shape index (κ1) is 38.7. The highest BCUT2D eigenvalue weighted by atomic mass is 32.2. The Labute approximate surface area is 306 Å². The van der Waals surface area contributed by atoms with Crippen LogP contribution in [0.15, 0.2) is 107 Å². The third-order valence-electron chi connectivity index (χ3n) is 9.17. The molecule has 2 aliphatic rings. The number of nitrogens with one attached hydrogen (secondary N) is 2. The summed E-state index contributed by atoms with van der Waals surface area (Å²) in [6.45, 7) is 5.17. The Morgan fingerprint density at radius 3 is 1.44 bits per heavy atom. The molecule has 11 heteroatoms. The molecule has 6 rings (SSSR count). The van der Waals surface area contributed by atoms with Crippen molar-refractivity contribution in [2.45, 2.75) is 74.7 Å². The van der Waals surface area contributed by atoms with Gasteiger partial charge in [0.25, 0.3) is 0 Å². The predicted molar refractivity (Wildman–Crippen MR) is 203 cm³/mol. The zero-order chi connectivity index (χ0) is 37.5. The van der Waals surface area contributed by atoms with Crippen molar-refractivity contribution >= 4 is 43.8 Å². The fraction of sp³-hybridized carbons (Fsp3) is 0.268. The van der Waals surface area contributed by atoms with E-state index in [0.29, 0.717) is 12.8 Å². The predicted octanol–water partition coefficient (Wildman–Crippen LogP) is 6.49. The lowest BCUT2D eigenvalue weighted by atomic mass is 10.0. The summed E-state index contributed by atoms with van der Waals surface area (Å²) in [6.07, 6.45) is 9.92. The Morgan fingerprint density at radius 2 is 1.06 bits per heavy atom. The number of ketones is 2. The van der Waals surface area contributed by atoms with Gasteiger partial charge in [-0.3, -0.25) is 9.59 Å². The topological polar surface area (TPSA) is 147 Å². The Balaban J connectivity index is 0.000000201. The van der Waals surface area contributed by atoms with E-state index >= 15 is 0 Å². The maximum atomic E-state index is 12.6. The van der Waals surface area contributed by atoms with Gasteiger partial charge >= 0.3 is 0 Å². The Morgan fingerprint density at radius 1 is 0.654 bits per heavy atom. The first-order valence-electron chi connectivity index (χ1n) is 17.2. The Hall–Kier alpha value is -4.52. The van der Waals surface area contributed by atoms with E-state index < -0.39 is 26.7 Å². The number of allylic oxidation sites excluding steroid dienone is 1. The molecule has 2 atom stereocenters. The number of aryl methyl sites for hydroxylation is 4. The van der Waals surface area contributed by atoms with Gasteiger partial charge in [-0.2, -0.15) is 0 Å². The molecule has 0 saturated carbocycles. The maximum absolute atomic E-state index is 12.6. The van der Waals surface area contributed by atoms with Crippen LogP contribution in [0.5, 0.6) is 0 Å². The van der Waals surface area contributed by atoms with Crippen LogP contribution < -0.4 is 9.44 Å². The zero-order valence-corrected chi connectivity index (χ0v) is 31.1. The van der Waals surface area contributed by atoms with Crippen LogP contribution in [0.1, 0.15) is 82.8 Å². The normalized spacial score (nSPS) is 16.8. The number of aliphatic hydroxyl groups excluding tert-OH is 1. The molecule has 52 heavy (non-hydrogen) atoms. The molecule has 3 N–H and O–H groups in total. The average molecular weight is 741 g/mol. The van der Waals surface area contributed by atoms with Crippen molar-refractivity contribution < 1.29 is 31.5 Å². The number of rotatable bonds is 12. The van der Waals surface area contributed by atoms with Crippen molar-refractivity contribution in [2.24, 2.45) is 0 Å². The monoisotopic (exact) mass is 740 g/mol. The van der Waals surface area contributed by atoms with Crippen LogP contribution in [-0.2, 0) is 42.5 Å². The summed E-state index contributed by atoms with van der Waals surface area (Å²) in [5.74, 6) is -0.261. The van der Waals surface area contributed by atoms with Crippen LogP contribution >= 0.6 is 0 Å². The zero-order valence-electron chi connectivity index (χ0n) is 29.5. The second-order valence-electron chi connectivity index (χ2n) is 13.1. The lowest BCUT2D eigenvalue weighted by molar-refractivity contribution is -0.117. The molecule has 0 fully saturated rings. The van der Waals surface area contributed by atoms with Gasteiger partial charge in [0.1, 0.15) is 6.61 Å². The van der Waals surface area contributed by atoms with Crippen LogP contribution in [0, 0.1) is 13.8 Å². The van der Waals surface area contributed by atoms with Gasteiger partial charge in [0.15, 0.2) is 11.6 Å². The van der Waals surface area contributed by atoms with Crippen molar-refractivity contribution in [3.05, 3.63) is 142 Å². The smallest absolute Gasteiger partial charge is 0.241 e. The summed E-state index contributed by atoms with van der Waals surface area (Å²) < 4.78 is 56.1. The molecule has 2 aliphatic carbocycles. The first-order valence-corrected chi connectivity index (χ1v) is 20.2. The molecule has 0 saturated heterocycles. The van der Waals surface area contributed by atoms with E-state index in [-0.39, 0.29) is 33.4 Å². The summed E-state index contributed by atoms with van der Waals surface area (Å²) >= 11 is 0. The molecule has 0 aromatic heterocycles. The Bertz CT molecular complexity index is 2050. The molecule has 0 bridgehead atoms. The first-order chi connectivity index (χ1) is 24.8. The summed E-state index contributed by atoms with van der Waals surface area (Å²) in [7, 11) is -7.12. The SMILES string of the molecule is CCC(=O)/C=C/c1ccc2c(c1)CCC2NS(=O)(=O)c1ccc(C)cc1.Cc1ccc(S(=O)(=O)NC2CCc3cc(/C=C/C(=O)CO)ccc32)cc1. The van der Waals surface area contributed by atoms with Gasteiger partial charge in [-0.1, -0.05) is 90.9 Å². The molecule has 4 aromatic carbocycles. The van der Waals surface area contributed by atoms with E-state index in [0.717, 1.165) is 63.8 Å². The number of carbonyl (C=O) groups excluding carboxylic acids is 2. The molecule has 0 heterocycles. The van der Waals surface area contributed by atoms with Gasteiger partial charge in [0.2, 0.25) is 20.0 Å². The molecular formula is C41H44N2O7S2. The highest BCUT2D eigenvalue weighted by Crippen LogP contribution is 2.34. The van der Waals surface area contributed by atoms with E-state index in [1.165, 1.54) is 6.08 Å². The van der Waals surface area contributed by atoms with E-state index in [1.54, 1.807) is 60.7 Å². The number of aliphatic hydroxyl groups is 1. The molecule has 0 amide bonds. The van der Waals surface area contributed by atoms with Gasteiger partial charge in [-0.05, 0) is 109 Å². The molecular weight excluding hydrogens is 697 g/mol. The fourth-order valence-corrected chi connectivity index (χ4v) is 8.72. The molecule has 272 valence electrons. The highest BCUT2D eigenvalue weighted by Gasteiger charge is 2.29. The lowest BCUT2D eigenvalue weighted by Crippen LogP contribution is -2.27. The molecule has 0 radical (unpaired) electrons. The van der Waals surface area contributed by atoms with Gasteiger partial charge in [0, 0.05) is 18.5 Å². The summed E-state index contributed by atoms with van der Waals surface area (Å²) in [5.41, 5.74) is 8.03. The summed E-state index contributed by atoms with van der Waals surface area (Å²) in [6, 6.07) is 24.8. The van der Waals surface area contributed by atoms with E-state index in [2.05, 4.69) is 9.44 Å². The van der Waals surface area contributed by atoms with Crippen LogP contribution in [0.2, 0.25) is 0 Å². The molecule has 0 aliphatic heterocycles.